The third kappa shape index (κ3) is 4.17. The van der Waals surface area contributed by atoms with Gasteiger partial charge in [0.15, 0.2) is 0 Å². The van der Waals surface area contributed by atoms with Crippen molar-refractivity contribution in [3.8, 4) is 0 Å². The standard InChI is InChI=1S/C12H17Br2N3.ClH/c1-8-6-17(3-2-11(8)15)7-12-10(14)4-9(13)5-16-12;/h4-5,8,11H,2-3,6-7,15H2,1H3;1H. The molecule has 102 valence electrons. The Bertz CT molecular complexity index is 403. The van der Waals surface area contributed by atoms with E-state index in [4.69, 9.17) is 5.73 Å². The molecule has 0 spiro atoms. The summed E-state index contributed by atoms with van der Waals surface area (Å²) < 4.78 is 2.07. The second-order valence-electron chi connectivity index (χ2n) is 4.75. The molecule has 2 heterocycles. The van der Waals surface area contributed by atoms with Gasteiger partial charge in [-0.3, -0.25) is 9.88 Å². The average molecular weight is 400 g/mol. The lowest BCUT2D eigenvalue weighted by atomic mass is 9.95. The van der Waals surface area contributed by atoms with Crippen LogP contribution in [0.1, 0.15) is 19.0 Å². The molecule has 0 saturated carbocycles. The van der Waals surface area contributed by atoms with Crippen LogP contribution >= 0.6 is 44.3 Å². The zero-order valence-electron chi connectivity index (χ0n) is 10.3. The Balaban J connectivity index is 0.00000162. The predicted molar refractivity (Wildman–Crippen MR) is 83.9 cm³/mol. The Morgan fingerprint density at radius 1 is 1.50 bits per heavy atom. The van der Waals surface area contributed by atoms with Crippen molar-refractivity contribution in [1.82, 2.24) is 9.88 Å². The molecule has 1 aliphatic heterocycles. The fourth-order valence-corrected chi connectivity index (χ4v) is 3.28. The maximum absolute atomic E-state index is 6.03. The monoisotopic (exact) mass is 397 g/mol. The largest absolute Gasteiger partial charge is 0.327 e. The van der Waals surface area contributed by atoms with E-state index in [0.29, 0.717) is 12.0 Å². The maximum atomic E-state index is 6.03. The minimum Gasteiger partial charge on any atom is -0.327 e. The fourth-order valence-electron chi connectivity index (χ4n) is 2.16. The van der Waals surface area contributed by atoms with Gasteiger partial charge in [0.2, 0.25) is 0 Å². The molecule has 0 radical (unpaired) electrons. The van der Waals surface area contributed by atoms with Crippen molar-refractivity contribution >= 4 is 44.3 Å². The third-order valence-electron chi connectivity index (χ3n) is 3.31. The van der Waals surface area contributed by atoms with Gasteiger partial charge in [0.25, 0.3) is 0 Å². The molecule has 2 unspecified atom stereocenters. The minimum absolute atomic E-state index is 0. The second kappa shape index (κ2) is 7.20. The summed E-state index contributed by atoms with van der Waals surface area (Å²) in [6, 6.07) is 2.40. The molecule has 1 fully saturated rings. The molecular formula is C12H18Br2ClN3. The summed E-state index contributed by atoms with van der Waals surface area (Å²) in [7, 11) is 0. The number of aromatic nitrogens is 1. The quantitative estimate of drug-likeness (QED) is 0.830. The van der Waals surface area contributed by atoms with E-state index in [9.17, 15) is 0 Å². The summed E-state index contributed by atoms with van der Waals surface area (Å²) in [6.45, 7) is 5.24. The Morgan fingerprint density at radius 3 is 2.83 bits per heavy atom. The van der Waals surface area contributed by atoms with E-state index in [2.05, 4.69) is 48.7 Å². The molecule has 0 aliphatic carbocycles. The van der Waals surface area contributed by atoms with Crippen molar-refractivity contribution in [2.75, 3.05) is 13.1 Å². The minimum atomic E-state index is 0. The molecule has 2 rings (SSSR count). The van der Waals surface area contributed by atoms with Gasteiger partial charge in [-0.05, 0) is 50.3 Å². The molecule has 2 atom stereocenters. The zero-order valence-corrected chi connectivity index (χ0v) is 14.3. The Morgan fingerprint density at radius 2 is 2.22 bits per heavy atom. The van der Waals surface area contributed by atoms with E-state index in [-0.39, 0.29) is 12.4 Å². The van der Waals surface area contributed by atoms with E-state index >= 15 is 0 Å². The molecule has 1 aliphatic rings. The molecule has 1 aromatic rings. The summed E-state index contributed by atoms with van der Waals surface area (Å²) in [5.41, 5.74) is 7.12. The van der Waals surface area contributed by atoms with Gasteiger partial charge < -0.3 is 5.73 Å². The Labute approximate surface area is 131 Å². The maximum Gasteiger partial charge on any atom is 0.0686 e. The molecule has 3 nitrogen and oxygen atoms in total. The van der Waals surface area contributed by atoms with Crippen LogP contribution in [0.5, 0.6) is 0 Å². The van der Waals surface area contributed by atoms with Crippen LogP contribution in [0.25, 0.3) is 0 Å². The van der Waals surface area contributed by atoms with E-state index in [0.717, 1.165) is 40.7 Å². The van der Waals surface area contributed by atoms with E-state index in [1.165, 1.54) is 0 Å². The first-order valence-corrected chi connectivity index (χ1v) is 7.42. The van der Waals surface area contributed by atoms with Crippen LogP contribution in [-0.4, -0.2) is 29.0 Å². The summed E-state index contributed by atoms with van der Waals surface area (Å²) in [5, 5.41) is 0. The first-order valence-electron chi connectivity index (χ1n) is 5.84. The van der Waals surface area contributed by atoms with Crippen LogP contribution in [0, 0.1) is 5.92 Å². The summed E-state index contributed by atoms with van der Waals surface area (Å²) in [6.07, 6.45) is 2.93. The van der Waals surface area contributed by atoms with Crippen LogP contribution in [0.15, 0.2) is 21.2 Å². The van der Waals surface area contributed by atoms with Crippen molar-refractivity contribution in [1.29, 1.82) is 0 Å². The molecule has 6 heteroatoms. The van der Waals surface area contributed by atoms with Crippen LogP contribution in [0.2, 0.25) is 0 Å². The third-order valence-corrected chi connectivity index (χ3v) is 4.43. The van der Waals surface area contributed by atoms with Gasteiger partial charge in [0.05, 0.1) is 5.69 Å². The van der Waals surface area contributed by atoms with Gasteiger partial charge in [-0.1, -0.05) is 6.92 Å². The number of piperidine rings is 1. The van der Waals surface area contributed by atoms with Crippen LogP contribution in [-0.2, 0) is 6.54 Å². The van der Waals surface area contributed by atoms with Gasteiger partial charge >= 0.3 is 0 Å². The molecule has 0 amide bonds. The van der Waals surface area contributed by atoms with Gasteiger partial charge in [-0.25, -0.2) is 0 Å². The number of rotatable bonds is 2. The lowest BCUT2D eigenvalue weighted by molar-refractivity contribution is 0.156. The fraction of sp³-hybridized carbons (Fsp3) is 0.583. The number of nitrogens with zero attached hydrogens (tertiary/aromatic N) is 2. The Kier molecular flexibility index (Phi) is 6.55. The molecule has 1 aromatic heterocycles. The number of hydrogen-bond donors (Lipinski definition) is 1. The zero-order chi connectivity index (χ0) is 12.4. The summed E-state index contributed by atoms with van der Waals surface area (Å²) >= 11 is 6.97. The molecule has 0 bridgehead atoms. The lowest BCUT2D eigenvalue weighted by Crippen LogP contribution is -2.45. The average Bonchev–Trinajstić information content (AvgIpc) is 2.27. The topological polar surface area (TPSA) is 42.2 Å². The first kappa shape index (κ1) is 16.4. The second-order valence-corrected chi connectivity index (χ2v) is 6.52. The number of pyridine rings is 1. The van der Waals surface area contributed by atoms with E-state index in [1.54, 1.807) is 0 Å². The van der Waals surface area contributed by atoms with Gasteiger partial charge in [0, 0.05) is 40.8 Å². The highest BCUT2D eigenvalue weighted by Gasteiger charge is 2.23. The van der Waals surface area contributed by atoms with Crippen molar-refractivity contribution < 1.29 is 0 Å². The lowest BCUT2D eigenvalue weighted by Gasteiger charge is -2.34. The SMILES string of the molecule is CC1CN(Cc2ncc(Br)cc2Br)CCC1N.Cl. The summed E-state index contributed by atoms with van der Waals surface area (Å²) in [4.78, 5) is 6.87. The van der Waals surface area contributed by atoms with Crippen LogP contribution < -0.4 is 5.73 Å². The van der Waals surface area contributed by atoms with E-state index < -0.39 is 0 Å². The van der Waals surface area contributed by atoms with Gasteiger partial charge in [-0.2, -0.15) is 0 Å². The molecule has 0 aromatic carbocycles. The smallest absolute Gasteiger partial charge is 0.0686 e. The first-order chi connectivity index (χ1) is 8.06. The Hall–Kier alpha value is 0.320. The van der Waals surface area contributed by atoms with Crippen molar-refractivity contribution in [3.05, 3.63) is 26.9 Å². The molecule has 18 heavy (non-hydrogen) atoms. The number of halogens is 3. The van der Waals surface area contributed by atoms with Gasteiger partial charge in [-0.15, -0.1) is 12.4 Å². The van der Waals surface area contributed by atoms with Crippen molar-refractivity contribution in [2.24, 2.45) is 11.7 Å². The highest BCUT2D eigenvalue weighted by molar-refractivity contribution is 9.11. The highest BCUT2D eigenvalue weighted by atomic mass is 79.9. The molecule has 2 N–H and O–H groups in total. The number of hydrogen-bond acceptors (Lipinski definition) is 3. The van der Waals surface area contributed by atoms with Crippen molar-refractivity contribution in [3.63, 3.8) is 0 Å². The van der Waals surface area contributed by atoms with Crippen LogP contribution in [0.4, 0.5) is 0 Å². The highest BCUT2D eigenvalue weighted by Crippen LogP contribution is 2.23. The van der Waals surface area contributed by atoms with Crippen LogP contribution in [0.3, 0.4) is 0 Å². The summed E-state index contributed by atoms with van der Waals surface area (Å²) in [5.74, 6) is 0.568. The van der Waals surface area contributed by atoms with Gasteiger partial charge in [0.1, 0.15) is 0 Å². The number of nitrogens with two attached hydrogens (primary N) is 1. The molecule has 1 saturated heterocycles. The number of likely N-dealkylation sites (tertiary alicyclic amines) is 1. The van der Waals surface area contributed by atoms with E-state index in [1.807, 2.05) is 12.3 Å². The van der Waals surface area contributed by atoms with Crippen molar-refractivity contribution in [2.45, 2.75) is 25.9 Å². The molecular weight excluding hydrogens is 381 g/mol. The normalized spacial score (nSPS) is 24.7. The predicted octanol–water partition coefficient (Wildman–Crippen LogP) is 3.20.